The zero-order chi connectivity index (χ0) is 13.4. The fourth-order valence-corrected chi connectivity index (χ4v) is 1.23. The van der Waals surface area contributed by atoms with Gasteiger partial charge in [0.1, 0.15) is 6.04 Å². The highest BCUT2D eigenvalue weighted by Gasteiger charge is 2.17. The van der Waals surface area contributed by atoms with Gasteiger partial charge < -0.3 is 10.4 Å². The normalized spacial score (nSPS) is 12.1. The number of nitrogens with one attached hydrogen (secondary N) is 2. The lowest BCUT2D eigenvalue weighted by Crippen LogP contribution is -2.47. The van der Waals surface area contributed by atoms with E-state index in [0.717, 1.165) is 5.56 Å². The first-order valence-electron chi connectivity index (χ1n) is 5.26. The molecule has 0 spiro atoms. The van der Waals surface area contributed by atoms with Crippen LogP contribution < -0.4 is 10.8 Å². The first-order chi connectivity index (χ1) is 8.67. The maximum atomic E-state index is 11.4. The van der Waals surface area contributed by atoms with E-state index < -0.39 is 24.5 Å². The summed E-state index contributed by atoms with van der Waals surface area (Å²) in [5.41, 5.74) is 2.19. The SMILES string of the molecule is O=C(C=Cc1ccccc1)NC(CO)C(=O)NO. The van der Waals surface area contributed by atoms with Gasteiger partial charge in [-0.3, -0.25) is 14.8 Å². The van der Waals surface area contributed by atoms with Crippen LogP contribution in [0.3, 0.4) is 0 Å². The van der Waals surface area contributed by atoms with Gasteiger partial charge in [0.2, 0.25) is 5.91 Å². The zero-order valence-electron chi connectivity index (χ0n) is 9.54. The smallest absolute Gasteiger partial charge is 0.268 e. The summed E-state index contributed by atoms with van der Waals surface area (Å²) in [5.74, 6) is -1.42. The van der Waals surface area contributed by atoms with E-state index in [1.807, 2.05) is 30.3 Å². The molecule has 18 heavy (non-hydrogen) atoms. The molecule has 0 fully saturated rings. The van der Waals surface area contributed by atoms with Gasteiger partial charge in [-0.1, -0.05) is 30.3 Å². The molecule has 4 N–H and O–H groups in total. The Morgan fingerprint density at radius 1 is 1.28 bits per heavy atom. The number of carbonyl (C=O) groups excluding carboxylic acids is 2. The van der Waals surface area contributed by atoms with E-state index in [1.54, 1.807) is 6.08 Å². The van der Waals surface area contributed by atoms with Crippen molar-refractivity contribution in [1.82, 2.24) is 10.8 Å². The molecule has 0 aliphatic heterocycles. The van der Waals surface area contributed by atoms with Gasteiger partial charge in [0.05, 0.1) is 6.61 Å². The summed E-state index contributed by atoms with van der Waals surface area (Å²) in [6.07, 6.45) is 2.81. The van der Waals surface area contributed by atoms with Gasteiger partial charge in [-0.25, -0.2) is 5.48 Å². The molecule has 6 heteroatoms. The van der Waals surface area contributed by atoms with Crippen molar-refractivity contribution < 1.29 is 19.9 Å². The third kappa shape index (κ3) is 4.36. The van der Waals surface area contributed by atoms with E-state index in [0.29, 0.717) is 0 Å². The number of rotatable bonds is 5. The predicted octanol–water partition coefficient (Wildman–Crippen LogP) is -0.318. The van der Waals surface area contributed by atoms with E-state index in [9.17, 15) is 9.59 Å². The summed E-state index contributed by atoms with van der Waals surface area (Å²) in [7, 11) is 0. The van der Waals surface area contributed by atoms with Gasteiger partial charge in [-0.15, -0.1) is 0 Å². The zero-order valence-corrected chi connectivity index (χ0v) is 9.54. The molecular formula is C12H14N2O4. The van der Waals surface area contributed by atoms with E-state index in [4.69, 9.17) is 10.3 Å². The summed E-state index contributed by atoms with van der Waals surface area (Å²) in [6.45, 7) is -0.600. The van der Waals surface area contributed by atoms with Crippen molar-refractivity contribution in [2.45, 2.75) is 6.04 Å². The van der Waals surface area contributed by atoms with Crippen molar-refractivity contribution in [3.8, 4) is 0 Å². The molecule has 0 radical (unpaired) electrons. The standard InChI is InChI=1S/C12H14N2O4/c15-8-10(12(17)14-18)13-11(16)7-6-9-4-2-1-3-5-9/h1-7,10,15,18H,8H2,(H,13,16)(H,14,17). The molecule has 1 rings (SSSR count). The molecule has 0 aromatic heterocycles. The van der Waals surface area contributed by atoms with Crippen molar-refractivity contribution >= 4 is 17.9 Å². The van der Waals surface area contributed by atoms with Gasteiger partial charge in [0.25, 0.3) is 5.91 Å². The molecule has 0 heterocycles. The Morgan fingerprint density at radius 2 is 1.94 bits per heavy atom. The lowest BCUT2D eigenvalue weighted by molar-refractivity contribution is -0.134. The second-order valence-electron chi connectivity index (χ2n) is 3.46. The van der Waals surface area contributed by atoms with E-state index >= 15 is 0 Å². The van der Waals surface area contributed by atoms with Crippen molar-refractivity contribution in [2.75, 3.05) is 6.61 Å². The topological polar surface area (TPSA) is 98.7 Å². The molecule has 1 aromatic rings. The van der Waals surface area contributed by atoms with Gasteiger partial charge in [-0.05, 0) is 11.6 Å². The molecule has 0 saturated carbocycles. The van der Waals surface area contributed by atoms with Crippen LogP contribution in [-0.4, -0.2) is 34.8 Å². The fourth-order valence-electron chi connectivity index (χ4n) is 1.23. The van der Waals surface area contributed by atoms with Crippen LogP contribution in [0, 0.1) is 0 Å². The minimum Gasteiger partial charge on any atom is -0.394 e. The van der Waals surface area contributed by atoms with Crippen LogP contribution in [0.1, 0.15) is 5.56 Å². The number of carbonyl (C=O) groups is 2. The van der Waals surface area contributed by atoms with Crippen LogP contribution in [0.2, 0.25) is 0 Å². The Labute approximate surface area is 104 Å². The highest BCUT2D eigenvalue weighted by molar-refractivity contribution is 5.95. The molecule has 1 unspecified atom stereocenters. The third-order valence-electron chi connectivity index (χ3n) is 2.15. The Morgan fingerprint density at radius 3 is 2.50 bits per heavy atom. The lowest BCUT2D eigenvalue weighted by atomic mass is 10.2. The average molecular weight is 250 g/mol. The highest BCUT2D eigenvalue weighted by Crippen LogP contribution is 2.00. The molecule has 6 nitrogen and oxygen atoms in total. The molecule has 2 amide bonds. The first kappa shape index (κ1) is 13.9. The van der Waals surface area contributed by atoms with Crippen LogP contribution >= 0.6 is 0 Å². The Bertz CT molecular complexity index is 431. The molecule has 0 bridgehead atoms. The maximum absolute atomic E-state index is 11.4. The maximum Gasteiger partial charge on any atom is 0.268 e. The van der Waals surface area contributed by atoms with Crippen LogP contribution in [0.15, 0.2) is 36.4 Å². The van der Waals surface area contributed by atoms with Crippen molar-refractivity contribution in [3.05, 3.63) is 42.0 Å². The second kappa shape index (κ2) is 7.21. The summed E-state index contributed by atoms with van der Waals surface area (Å²) in [5, 5.41) is 19.5. The summed E-state index contributed by atoms with van der Waals surface area (Å²) in [6, 6.07) is 7.95. The fraction of sp³-hybridized carbons (Fsp3) is 0.167. The molecule has 0 aliphatic rings. The second-order valence-corrected chi connectivity index (χ2v) is 3.46. The lowest BCUT2D eigenvalue weighted by Gasteiger charge is -2.12. The number of hydrogen-bond donors (Lipinski definition) is 4. The largest absolute Gasteiger partial charge is 0.394 e. The van der Waals surface area contributed by atoms with Gasteiger partial charge in [-0.2, -0.15) is 0 Å². The van der Waals surface area contributed by atoms with Crippen LogP contribution in [-0.2, 0) is 9.59 Å². The molecule has 0 saturated heterocycles. The molecular weight excluding hydrogens is 236 g/mol. The minimum atomic E-state index is -1.18. The summed E-state index contributed by atoms with van der Waals surface area (Å²) >= 11 is 0. The monoisotopic (exact) mass is 250 g/mol. The van der Waals surface area contributed by atoms with Gasteiger partial charge >= 0.3 is 0 Å². The molecule has 0 aliphatic carbocycles. The minimum absolute atomic E-state index is 0.540. The van der Waals surface area contributed by atoms with Crippen LogP contribution in [0.5, 0.6) is 0 Å². The Kier molecular flexibility index (Phi) is 5.56. The van der Waals surface area contributed by atoms with Gasteiger partial charge in [0, 0.05) is 6.08 Å². The van der Waals surface area contributed by atoms with E-state index in [2.05, 4.69) is 5.32 Å². The number of benzene rings is 1. The van der Waals surface area contributed by atoms with E-state index in [-0.39, 0.29) is 0 Å². The van der Waals surface area contributed by atoms with Crippen molar-refractivity contribution in [1.29, 1.82) is 0 Å². The van der Waals surface area contributed by atoms with E-state index in [1.165, 1.54) is 11.6 Å². The average Bonchev–Trinajstić information content (AvgIpc) is 2.42. The van der Waals surface area contributed by atoms with Crippen LogP contribution in [0.4, 0.5) is 0 Å². The summed E-state index contributed by atoms with van der Waals surface area (Å²) < 4.78 is 0. The predicted molar refractivity (Wildman–Crippen MR) is 64.4 cm³/mol. The van der Waals surface area contributed by atoms with Crippen molar-refractivity contribution in [2.24, 2.45) is 0 Å². The highest BCUT2D eigenvalue weighted by atomic mass is 16.5. The number of aliphatic hydroxyl groups is 1. The van der Waals surface area contributed by atoms with Crippen LogP contribution in [0.25, 0.3) is 6.08 Å². The Hall–Kier alpha value is -2.18. The quantitative estimate of drug-likeness (QED) is 0.327. The number of aliphatic hydroxyl groups excluding tert-OH is 1. The first-order valence-corrected chi connectivity index (χ1v) is 5.26. The molecule has 1 aromatic carbocycles. The Balaban J connectivity index is 2.56. The number of hydroxylamine groups is 1. The van der Waals surface area contributed by atoms with Crippen molar-refractivity contribution in [3.63, 3.8) is 0 Å². The number of hydrogen-bond acceptors (Lipinski definition) is 4. The number of amides is 2. The third-order valence-corrected chi connectivity index (χ3v) is 2.15. The molecule has 96 valence electrons. The summed E-state index contributed by atoms with van der Waals surface area (Å²) in [4.78, 5) is 22.4. The van der Waals surface area contributed by atoms with Gasteiger partial charge in [0.15, 0.2) is 0 Å². The molecule has 1 atom stereocenters.